The van der Waals surface area contributed by atoms with Crippen LogP contribution >= 0.6 is 11.6 Å². The molecule has 0 aliphatic carbocycles. The molecule has 0 radical (unpaired) electrons. The summed E-state index contributed by atoms with van der Waals surface area (Å²) in [4.78, 5) is 21.5. The van der Waals surface area contributed by atoms with Gasteiger partial charge < -0.3 is 9.88 Å². The number of H-pyrrole nitrogens is 1. The summed E-state index contributed by atoms with van der Waals surface area (Å²) in [7, 11) is 0. The Labute approximate surface area is 244 Å². The number of benzene rings is 3. The van der Waals surface area contributed by atoms with Crippen molar-refractivity contribution < 1.29 is 0 Å². The molecule has 6 rings (SSSR count). The standard InChI is InChI=1S/C32H34ClN7O/c1-21-9-10-26(33)20-29(21)38-13-15-39(16-14-38)30(27-19-25-17-22(2)23(3)18-28(25)34-32(27)41)31-35-36-37-40(31)12-11-24-7-5-4-6-8-24/h4-10,17-20,30H,11-16H2,1-3H3,(H,34,41). The highest BCUT2D eigenvalue weighted by atomic mass is 35.5. The second kappa shape index (κ2) is 11.5. The van der Waals surface area contributed by atoms with Gasteiger partial charge in [0.1, 0.15) is 6.04 Å². The van der Waals surface area contributed by atoms with Crippen LogP contribution < -0.4 is 10.5 Å². The van der Waals surface area contributed by atoms with Crippen molar-refractivity contribution in [2.45, 2.75) is 39.8 Å². The third-order valence-electron chi connectivity index (χ3n) is 8.23. The highest BCUT2D eigenvalue weighted by Gasteiger charge is 2.33. The van der Waals surface area contributed by atoms with Crippen molar-refractivity contribution in [3.63, 3.8) is 0 Å². The first-order valence-corrected chi connectivity index (χ1v) is 14.4. The molecule has 9 heteroatoms. The maximum absolute atomic E-state index is 13.7. The summed E-state index contributed by atoms with van der Waals surface area (Å²) in [5.74, 6) is 0.682. The summed E-state index contributed by atoms with van der Waals surface area (Å²) in [6.45, 7) is 9.97. The van der Waals surface area contributed by atoms with E-state index < -0.39 is 6.04 Å². The Bertz CT molecular complexity index is 1740. The van der Waals surface area contributed by atoms with Crippen LogP contribution in [0.4, 0.5) is 5.69 Å². The van der Waals surface area contributed by atoms with Crippen molar-refractivity contribution in [3.8, 4) is 0 Å². The van der Waals surface area contributed by atoms with E-state index in [0.717, 1.165) is 59.8 Å². The zero-order valence-electron chi connectivity index (χ0n) is 23.6. The minimum Gasteiger partial charge on any atom is -0.369 e. The molecule has 1 N–H and O–H groups in total. The third-order valence-corrected chi connectivity index (χ3v) is 8.47. The Morgan fingerprint density at radius 3 is 2.44 bits per heavy atom. The number of hydrogen-bond donors (Lipinski definition) is 1. The fourth-order valence-electron chi connectivity index (χ4n) is 5.79. The van der Waals surface area contributed by atoms with Gasteiger partial charge in [0.2, 0.25) is 0 Å². The van der Waals surface area contributed by atoms with Gasteiger partial charge in [0, 0.05) is 54.5 Å². The van der Waals surface area contributed by atoms with E-state index in [2.05, 4.69) is 75.3 Å². The van der Waals surface area contributed by atoms with Gasteiger partial charge in [-0.15, -0.1) is 5.10 Å². The molecule has 2 aromatic heterocycles. The summed E-state index contributed by atoms with van der Waals surface area (Å²) < 4.78 is 1.86. The lowest BCUT2D eigenvalue weighted by Gasteiger charge is -2.40. The molecule has 5 aromatic rings. The van der Waals surface area contributed by atoms with Crippen LogP contribution in [0.1, 0.15) is 39.7 Å². The van der Waals surface area contributed by atoms with E-state index in [0.29, 0.717) is 17.9 Å². The topological polar surface area (TPSA) is 82.9 Å². The van der Waals surface area contributed by atoms with Crippen molar-refractivity contribution in [2.24, 2.45) is 0 Å². The van der Waals surface area contributed by atoms with Gasteiger partial charge in [-0.25, -0.2) is 4.68 Å². The van der Waals surface area contributed by atoms with Gasteiger partial charge in [-0.05, 0) is 95.6 Å². The second-order valence-corrected chi connectivity index (χ2v) is 11.4. The zero-order valence-corrected chi connectivity index (χ0v) is 24.4. The number of halogens is 1. The highest BCUT2D eigenvalue weighted by Crippen LogP contribution is 2.31. The number of piperazine rings is 1. The maximum atomic E-state index is 13.7. The summed E-state index contributed by atoms with van der Waals surface area (Å²) in [5, 5.41) is 14.7. The first kappa shape index (κ1) is 27.2. The molecule has 41 heavy (non-hydrogen) atoms. The lowest BCUT2D eigenvalue weighted by molar-refractivity contribution is 0.199. The first-order valence-electron chi connectivity index (χ1n) is 14.1. The van der Waals surface area contributed by atoms with Crippen LogP contribution in [0.3, 0.4) is 0 Å². The smallest absolute Gasteiger partial charge is 0.253 e. The monoisotopic (exact) mass is 567 g/mol. The quantitative estimate of drug-likeness (QED) is 0.289. The second-order valence-electron chi connectivity index (χ2n) is 10.9. The molecule has 3 heterocycles. The van der Waals surface area contributed by atoms with Crippen LogP contribution in [0.15, 0.2) is 71.5 Å². The molecule has 0 saturated carbocycles. The average molecular weight is 568 g/mol. The van der Waals surface area contributed by atoms with Gasteiger partial charge in [-0.2, -0.15) is 0 Å². The number of aromatic nitrogens is 5. The van der Waals surface area contributed by atoms with Gasteiger partial charge in [-0.3, -0.25) is 9.69 Å². The van der Waals surface area contributed by atoms with Crippen LogP contribution in [-0.4, -0.2) is 56.3 Å². The van der Waals surface area contributed by atoms with E-state index in [9.17, 15) is 4.79 Å². The number of tetrazole rings is 1. The summed E-state index contributed by atoms with van der Waals surface area (Å²) in [6.07, 6.45) is 0.792. The molecule has 8 nitrogen and oxygen atoms in total. The van der Waals surface area contributed by atoms with Crippen LogP contribution in [0, 0.1) is 20.8 Å². The van der Waals surface area contributed by atoms with Crippen molar-refractivity contribution in [3.05, 3.63) is 116 Å². The molecular formula is C32H34ClN7O. The van der Waals surface area contributed by atoms with E-state index in [1.54, 1.807) is 0 Å². The Morgan fingerprint density at radius 1 is 0.902 bits per heavy atom. The number of anilines is 1. The minimum atomic E-state index is -0.391. The molecule has 1 fully saturated rings. The van der Waals surface area contributed by atoms with E-state index >= 15 is 0 Å². The van der Waals surface area contributed by atoms with Crippen molar-refractivity contribution >= 4 is 28.2 Å². The highest BCUT2D eigenvalue weighted by molar-refractivity contribution is 6.30. The van der Waals surface area contributed by atoms with Gasteiger partial charge in [-0.1, -0.05) is 48.0 Å². The normalized spacial score (nSPS) is 15.0. The number of nitrogens with zero attached hydrogens (tertiary/aromatic N) is 6. The summed E-state index contributed by atoms with van der Waals surface area (Å²) in [6, 6.07) is 22.1. The zero-order chi connectivity index (χ0) is 28.5. The fraction of sp³-hybridized carbons (Fsp3) is 0.312. The lowest BCUT2D eigenvalue weighted by atomic mass is 10.00. The van der Waals surface area contributed by atoms with Crippen molar-refractivity contribution in [2.75, 3.05) is 31.1 Å². The Morgan fingerprint density at radius 2 is 1.66 bits per heavy atom. The molecule has 1 saturated heterocycles. The largest absolute Gasteiger partial charge is 0.369 e. The van der Waals surface area contributed by atoms with Gasteiger partial charge in [0.15, 0.2) is 5.82 Å². The van der Waals surface area contributed by atoms with Gasteiger partial charge in [0.25, 0.3) is 5.56 Å². The summed E-state index contributed by atoms with van der Waals surface area (Å²) >= 11 is 6.34. The SMILES string of the molecule is Cc1cc2cc(C(c3nnnn3CCc3ccccc3)N3CCN(c4cc(Cl)ccc4C)CC3)c(=O)[nH]c2cc1C. The predicted octanol–water partition coefficient (Wildman–Crippen LogP) is 5.25. The molecule has 0 spiro atoms. The Kier molecular flexibility index (Phi) is 7.60. The number of rotatable bonds is 7. The summed E-state index contributed by atoms with van der Waals surface area (Å²) in [5.41, 5.74) is 7.27. The van der Waals surface area contributed by atoms with Crippen molar-refractivity contribution in [1.82, 2.24) is 30.1 Å². The van der Waals surface area contributed by atoms with E-state index in [1.807, 2.05) is 47.1 Å². The minimum absolute atomic E-state index is 0.114. The Hall–Kier alpha value is -4.01. The number of fused-ring (bicyclic) bond motifs is 1. The molecule has 1 atom stereocenters. The van der Waals surface area contributed by atoms with Crippen molar-refractivity contribution in [1.29, 1.82) is 0 Å². The number of pyridine rings is 1. The number of aryl methyl sites for hydroxylation is 5. The molecular weight excluding hydrogens is 534 g/mol. The first-order chi connectivity index (χ1) is 19.9. The molecule has 1 aliphatic heterocycles. The molecule has 3 aromatic carbocycles. The number of aromatic amines is 1. The van der Waals surface area contributed by atoms with Crippen LogP contribution in [-0.2, 0) is 13.0 Å². The van der Waals surface area contributed by atoms with Gasteiger partial charge >= 0.3 is 0 Å². The fourth-order valence-corrected chi connectivity index (χ4v) is 5.95. The molecule has 1 aliphatic rings. The van der Waals surface area contributed by atoms with Gasteiger partial charge in [0.05, 0.1) is 0 Å². The average Bonchev–Trinajstić information content (AvgIpc) is 3.44. The van der Waals surface area contributed by atoms with Crippen LogP contribution in [0.5, 0.6) is 0 Å². The van der Waals surface area contributed by atoms with E-state index in [-0.39, 0.29) is 5.56 Å². The molecule has 1 unspecified atom stereocenters. The third kappa shape index (κ3) is 5.62. The van der Waals surface area contributed by atoms with E-state index in [1.165, 1.54) is 16.7 Å². The lowest BCUT2D eigenvalue weighted by Crippen LogP contribution is -2.49. The number of nitrogens with one attached hydrogen (secondary N) is 1. The number of hydrogen-bond acceptors (Lipinski definition) is 6. The van der Waals surface area contributed by atoms with Crippen LogP contribution in [0.25, 0.3) is 10.9 Å². The maximum Gasteiger partial charge on any atom is 0.253 e. The predicted molar refractivity (Wildman–Crippen MR) is 164 cm³/mol. The molecule has 0 bridgehead atoms. The Balaban J connectivity index is 1.37. The molecule has 0 amide bonds. The van der Waals surface area contributed by atoms with Crippen LogP contribution in [0.2, 0.25) is 5.02 Å². The molecule has 210 valence electrons. The van der Waals surface area contributed by atoms with E-state index in [4.69, 9.17) is 11.6 Å².